The highest BCUT2D eigenvalue weighted by Crippen LogP contribution is 2.26. The molecule has 0 saturated carbocycles. The number of ether oxygens (including phenoxy) is 3. The van der Waals surface area contributed by atoms with Gasteiger partial charge in [0.15, 0.2) is 5.78 Å². The van der Waals surface area contributed by atoms with Gasteiger partial charge in [0.25, 0.3) is 0 Å². The number of ketones is 1. The van der Waals surface area contributed by atoms with Crippen LogP contribution in [0.15, 0.2) is 36.4 Å². The summed E-state index contributed by atoms with van der Waals surface area (Å²) in [5, 5.41) is 11.7. The van der Waals surface area contributed by atoms with E-state index in [-0.39, 0.29) is 36.4 Å². The highest BCUT2D eigenvalue weighted by Gasteiger charge is 2.19. The molecule has 0 aliphatic rings. The number of carboxylic acid groups (broad SMARTS) is 1. The third kappa shape index (κ3) is 12.7. The second-order valence-electron chi connectivity index (χ2n) is 11.0. The third-order valence-corrected chi connectivity index (χ3v) is 4.72. The number of carbonyl (C=O) groups is 5. The van der Waals surface area contributed by atoms with Gasteiger partial charge in [-0.2, -0.15) is 0 Å². The van der Waals surface area contributed by atoms with Crippen molar-refractivity contribution in [2.75, 3.05) is 13.1 Å². The predicted octanol–water partition coefficient (Wildman–Crippen LogP) is 4.42. The number of aryl methyl sites for hydroxylation is 2. The maximum absolute atomic E-state index is 12.6. The van der Waals surface area contributed by atoms with E-state index in [9.17, 15) is 24.0 Å². The smallest absolute Gasteiger partial charge is 0.335 e. The fourth-order valence-electron chi connectivity index (χ4n) is 3.37. The molecule has 0 fully saturated rings. The molecule has 0 saturated heterocycles. The number of aromatic carboxylic acids is 1. The standard InChI is InChI=1S/C18H16O5.C12H23NO4/c1-10-7-15(8-11(2)17(10)23-12(3)19)16(20)13-5-4-6-14(9-13)18(21)22;1-11(2,3)16-9(14)7-13-8-10(15)17-12(4,5)6/h4-9H,1-3H3,(H,21,22);13H,7-8H2,1-6H3. The zero-order valence-electron chi connectivity index (χ0n) is 24.6. The molecule has 0 bridgehead atoms. The van der Waals surface area contributed by atoms with E-state index in [2.05, 4.69) is 5.32 Å². The highest BCUT2D eigenvalue weighted by molar-refractivity contribution is 6.10. The Hall–Kier alpha value is -4.05. The molecular weight excluding hydrogens is 518 g/mol. The van der Waals surface area contributed by atoms with Crippen LogP contribution >= 0.6 is 0 Å². The highest BCUT2D eigenvalue weighted by atomic mass is 16.6. The molecule has 0 heterocycles. The van der Waals surface area contributed by atoms with Crippen molar-refractivity contribution in [1.29, 1.82) is 0 Å². The van der Waals surface area contributed by atoms with Gasteiger partial charge in [0, 0.05) is 18.1 Å². The van der Waals surface area contributed by atoms with Crippen molar-refractivity contribution in [3.8, 4) is 5.75 Å². The van der Waals surface area contributed by atoms with Crippen LogP contribution in [-0.4, -0.2) is 59.1 Å². The Balaban J connectivity index is 0.000000421. The summed E-state index contributed by atoms with van der Waals surface area (Å²) in [6.45, 7) is 15.5. The predicted molar refractivity (Wildman–Crippen MR) is 149 cm³/mol. The second kappa shape index (κ2) is 14.4. The van der Waals surface area contributed by atoms with Crippen molar-refractivity contribution < 1.29 is 43.3 Å². The van der Waals surface area contributed by atoms with Gasteiger partial charge < -0.3 is 19.3 Å². The first kappa shape index (κ1) is 34.0. The molecular formula is C30H39NO9. The van der Waals surface area contributed by atoms with Crippen LogP contribution in [0.5, 0.6) is 5.75 Å². The molecule has 10 heteroatoms. The molecule has 40 heavy (non-hydrogen) atoms. The maximum atomic E-state index is 12.6. The zero-order chi connectivity index (χ0) is 30.8. The number of rotatable bonds is 8. The van der Waals surface area contributed by atoms with Gasteiger partial charge in [-0.15, -0.1) is 0 Å². The number of nitrogens with one attached hydrogen (secondary N) is 1. The molecule has 0 amide bonds. The van der Waals surface area contributed by atoms with Gasteiger partial charge in [-0.3, -0.25) is 24.5 Å². The van der Waals surface area contributed by atoms with E-state index in [1.165, 1.54) is 25.1 Å². The van der Waals surface area contributed by atoms with Crippen LogP contribution in [-0.2, 0) is 23.9 Å². The van der Waals surface area contributed by atoms with Gasteiger partial charge in [0.1, 0.15) is 17.0 Å². The van der Waals surface area contributed by atoms with Crippen LogP contribution in [0.1, 0.15) is 85.9 Å². The van der Waals surface area contributed by atoms with E-state index in [0.717, 1.165) is 0 Å². The average molecular weight is 558 g/mol. The molecule has 2 rings (SSSR count). The number of benzene rings is 2. The SMILES string of the molecule is CC(=O)Oc1c(C)cc(C(=O)c2cccc(C(=O)O)c2)cc1C.CC(C)(C)OC(=O)CNCC(=O)OC(C)(C)C. The van der Waals surface area contributed by atoms with Crippen LogP contribution in [0, 0.1) is 13.8 Å². The van der Waals surface area contributed by atoms with Crippen LogP contribution in [0.2, 0.25) is 0 Å². The molecule has 10 nitrogen and oxygen atoms in total. The summed E-state index contributed by atoms with van der Waals surface area (Å²) in [5.74, 6) is -2.13. The Kier molecular flexibility index (Phi) is 12.2. The number of hydrogen-bond donors (Lipinski definition) is 2. The normalized spacial score (nSPS) is 11.0. The van der Waals surface area contributed by atoms with Crippen molar-refractivity contribution in [3.05, 3.63) is 64.2 Å². The Morgan fingerprint density at radius 3 is 1.60 bits per heavy atom. The first-order valence-electron chi connectivity index (χ1n) is 12.6. The summed E-state index contributed by atoms with van der Waals surface area (Å²) < 4.78 is 15.3. The summed E-state index contributed by atoms with van der Waals surface area (Å²) >= 11 is 0. The van der Waals surface area contributed by atoms with Crippen molar-refractivity contribution in [2.24, 2.45) is 0 Å². The van der Waals surface area contributed by atoms with Gasteiger partial charge >= 0.3 is 23.9 Å². The molecule has 0 atom stereocenters. The van der Waals surface area contributed by atoms with Gasteiger partial charge in [0.05, 0.1) is 18.7 Å². The Morgan fingerprint density at radius 1 is 0.750 bits per heavy atom. The van der Waals surface area contributed by atoms with E-state index < -0.39 is 23.1 Å². The van der Waals surface area contributed by atoms with Crippen molar-refractivity contribution >= 4 is 29.7 Å². The topological polar surface area (TPSA) is 145 Å². The molecule has 0 aliphatic heterocycles. The Bertz CT molecular complexity index is 1200. The van der Waals surface area contributed by atoms with Gasteiger partial charge in [-0.25, -0.2) is 4.79 Å². The van der Waals surface area contributed by atoms with Crippen LogP contribution in [0.4, 0.5) is 0 Å². The fourth-order valence-corrected chi connectivity index (χ4v) is 3.37. The minimum atomic E-state index is -1.09. The van der Waals surface area contributed by atoms with Gasteiger partial charge in [-0.1, -0.05) is 12.1 Å². The van der Waals surface area contributed by atoms with E-state index in [1.807, 2.05) is 0 Å². The van der Waals surface area contributed by atoms with Crippen LogP contribution in [0.25, 0.3) is 0 Å². The molecule has 0 radical (unpaired) electrons. The molecule has 218 valence electrons. The average Bonchev–Trinajstić information content (AvgIpc) is 2.78. The lowest BCUT2D eigenvalue weighted by Gasteiger charge is -2.20. The van der Waals surface area contributed by atoms with Crippen LogP contribution in [0.3, 0.4) is 0 Å². The Labute approximate surface area is 235 Å². The molecule has 2 N–H and O–H groups in total. The summed E-state index contributed by atoms with van der Waals surface area (Å²) in [6, 6.07) is 9.12. The van der Waals surface area contributed by atoms with E-state index in [1.54, 1.807) is 73.6 Å². The summed E-state index contributed by atoms with van der Waals surface area (Å²) in [5.41, 5.74) is 1.08. The molecule has 0 unspecified atom stereocenters. The van der Waals surface area contributed by atoms with E-state index in [0.29, 0.717) is 28.0 Å². The van der Waals surface area contributed by atoms with Crippen molar-refractivity contribution in [3.63, 3.8) is 0 Å². The second-order valence-corrected chi connectivity index (χ2v) is 11.0. The number of carbonyl (C=O) groups excluding carboxylic acids is 4. The maximum Gasteiger partial charge on any atom is 0.335 e. The quantitative estimate of drug-likeness (QED) is 0.272. The van der Waals surface area contributed by atoms with Crippen molar-refractivity contribution in [2.45, 2.75) is 73.5 Å². The first-order valence-corrected chi connectivity index (χ1v) is 12.6. The largest absolute Gasteiger partial charge is 0.478 e. The van der Waals surface area contributed by atoms with Gasteiger partial charge in [0.2, 0.25) is 0 Å². The fraction of sp³-hybridized carbons (Fsp3) is 0.433. The monoisotopic (exact) mass is 557 g/mol. The summed E-state index contributed by atoms with van der Waals surface area (Å²) in [4.78, 5) is 57.3. The molecule has 2 aromatic rings. The molecule has 0 aromatic heterocycles. The number of hydrogen-bond acceptors (Lipinski definition) is 9. The Morgan fingerprint density at radius 2 is 1.20 bits per heavy atom. The zero-order valence-corrected chi connectivity index (χ0v) is 24.6. The lowest BCUT2D eigenvalue weighted by Crippen LogP contribution is -2.36. The summed E-state index contributed by atoms with van der Waals surface area (Å²) in [6.07, 6.45) is 0. The van der Waals surface area contributed by atoms with Crippen LogP contribution < -0.4 is 10.1 Å². The molecule has 2 aromatic carbocycles. The minimum absolute atomic E-state index is 0.00346. The molecule has 0 spiro atoms. The lowest BCUT2D eigenvalue weighted by molar-refractivity contribution is -0.155. The van der Waals surface area contributed by atoms with Gasteiger partial charge in [-0.05, 0) is 90.8 Å². The first-order chi connectivity index (χ1) is 18.3. The number of carboxylic acids is 1. The number of esters is 3. The van der Waals surface area contributed by atoms with E-state index >= 15 is 0 Å². The minimum Gasteiger partial charge on any atom is -0.478 e. The third-order valence-electron chi connectivity index (χ3n) is 4.72. The summed E-state index contributed by atoms with van der Waals surface area (Å²) in [7, 11) is 0. The van der Waals surface area contributed by atoms with E-state index in [4.69, 9.17) is 19.3 Å². The molecule has 0 aliphatic carbocycles. The lowest BCUT2D eigenvalue weighted by atomic mass is 9.97. The van der Waals surface area contributed by atoms with Crippen molar-refractivity contribution in [1.82, 2.24) is 5.32 Å².